The normalized spacial score (nSPS) is 11.2. The summed E-state index contributed by atoms with van der Waals surface area (Å²) in [5.41, 5.74) is 0.153. The molecular formula is C16H17ClN2O7S2. The summed E-state index contributed by atoms with van der Waals surface area (Å²) in [6.07, 6.45) is 1.48. The molecule has 28 heavy (non-hydrogen) atoms. The van der Waals surface area contributed by atoms with Gasteiger partial charge < -0.3 is 19.6 Å². The summed E-state index contributed by atoms with van der Waals surface area (Å²) in [5.74, 6) is -1.06. The minimum absolute atomic E-state index is 0.0538. The van der Waals surface area contributed by atoms with Crippen molar-refractivity contribution in [2.24, 2.45) is 5.14 Å². The summed E-state index contributed by atoms with van der Waals surface area (Å²) in [4.78, 5) is 22.5. The van der Waals surface area contributed by atoms with Crippen molar-refractivity contribution in [3.63, 3.8) is 0 Å². The van der Waals surface area contributed by atoms with Crippen LogP contribution in [-0.4, -0.2) is 43.6 Å². The summed E-state index contributed by atoms with van der Waals surface area (Å²) in [5, 5.41) is 16.5. The SMILES string of the molecule is NS(=O)(=O)c1cc(C(=O)OCCSCC(=O)O)c(NCc2ccco2)cc1Cl. The number of halogens is 1. The molecule has 2 rings (SSSR count). The number of sulfonamides is 1. The molecule has 152 valence electrons. The number of esters is 1. The number of carbonyl (C=O) groups excluding carboxylic acids is 1. The highest BCUT2D eigenvalue weighted by molar-refractivity contribution is 7.99. The number of thioether (sulfide) groups is 1. The van der Waals surface area contributed by atoms with E-state index in [1.807, 2.05) is 0 Å². The number of nitrogens with two attached hydrogens (primary N) is 1. The average molecular weight is 449 g/mol. The van der Waals surface area contributed by atoms with Crippen molar-refractivity contribution < 1.29 is 32.3 Å². The number of rotatable bonds is 10. The first-order valence-electron chi connectivity index (χ1n) is 7.77. The van der Waals surface area contributed by atoms with Gasteiger partial charge in [0.15, 0.2) is 0 Å². The zero-order valence-electron chi connectivity index (χ0n) is 14.4. The Morgan fingerprint density at radius 1 is 1.36 bits per heavy atom. The monoisotopic (exact) mass is 448 g/mol. The largest absolute Gasteiger partial charge is 0.481 e. The van der Waals surface area contributed by atoms with E-state index in [1.165, 1.54) is 12.3 Å². The molecule has 9 nitrogen and oxygen atoms in total. The maximum absolute atomic E-state index is 12.4. The third-order valence-corrected chi connectivity index (χ3v) is 5.60. The van der Waals surface area contributed by atoms with Crippen molar-refractivity contribution in [1.82, 2.24) is 0 Å². The van der Waals surface area contributed by atoms with Gasteiger partial charge in [-0.2, -0.15) is 0 Å². The van der Waals surface area contributed by atoms with E-state index in [1.54, 1.807) is 12.1 Å². The van der Waals surface area contributed by atoms with Gasteiger partial charge >= 0.3 is 11.9 Å². The number of anilines is 1. The van der Waals surface area contributed by atoms with E-state index >= 15 is 0 Å². The molecule has 12 heteroatoms. The van der Waals surface area contributed by atoms with E-state index in [2.05, 4.69) is 5.32 Å². The summed E-state index contributed by atoms with van der Waals surface area (Å²) in [6, 6.07) is 5.71. The Bertz CT molecular complexity index is 946. The van der Waals surface area contributed by atoms with Gasteiger partial charge in [0.25, 0.3) is 0 Å². The minimum Gasteiger partial charge on any atom is -0.481 e. The molecule has 0 aliphatic carbocycles. The number of nitrogens with one attached hydrogen (secondary N) is 1. The van der Waals surface area contributed by atoms with Crippen LogP contribution in [-0.2, 0) is 26.1 Å². The second-order valence-electron chi connectivity index (χ2n) is 5.39. The summed E-state index contributed by atoms with van der Waals surface area (Å²) < 4.78 is 33.7. The van der Waals surface area contributed by atoms with Gasteiger partial charge in [-0.3, -0.25) is 4.79 Å². The predicted molar refractivity (Wildman–Crippen MR) is 104 cm³/mol. The maximum atomic E-state index is 12.4. The van der Waals surface area contributed by atoms with Gasteiger partial charge in [-0.15, -0.1) is 11.8 Å². The van der Waals surface area contributed by atoms with E-state index in [-0.39, 0.29) is 40.9 Å². The molecule has 0 fully saturated rings. The van der Waals surface area contributed by atoms with Gasteiger partial charge in [0.05, 0.1) is 34.8 Å². The highest BCUT2D eigenvalue weighted by Gasteiger charge is 2.21. The predicted octanol–water partition coefficient (Wildman–Crippen LogP) is 2.17. The number of primary sulfonamides is 1. The van der Waals surface area contributed by atoms with Crippen molar-refractivity contribution in [3.05, 3.63) is 46.9 Å². The van der Waals surface area contributed by atoms with E-state index in [4.69, 9.17) is 31.0 Å². The molecule has 1 aromatic carbocycles. The number of aliphatic carboxylic acids is 1. The van der Waals surface area contributed by atoms with Crippen LogP contribution in [0.3, 0.4) is 0 Å². The number of furan rings is 1. The molecule has 0 bridgehead atoms. The molecule has 4 N–H and O–H groups in total. The fraction of sp³-hybridized carbons (Fsp3) is 0.250. The lowest BCUT2D eigenvalue weighted by molar-refractivity contribution is -0.133. The van der Waals surface area contributed by atoms with Gasteiger partial charge in [-0.1, -0.05) is 11.6 Å². The zero-order chi connectivity index (χ0) is 20.7. The molecule has 1 heterocycles. The maximum Gasteiger partial charge on any atom is 0.340 e. The number of ether oxygens (including phenoxy) is 1. The molecule has 0 amide bonds. The lowest BCUT2D eigenvalue weighted by Crippen LogP contribution is -2.17. The average Bonchev–Trinajstić information content (AvgIpc) is 3.11. The molecule has 0 saturated carbocycles. The van der Waals surface area contributed by atoms with Crippen LogP contribution in [0.5, 0.6) is 0 Å². The smallest absolute Gasteiger partial charge is 0.340 e. The van der Waals surface area contributed by atoms with Crippen molar-refractivity contribution in [3.8, 4) is 0 Å². The topological polar surface area (TPSA) is 149 Å². The van der Waals surface area contributed by atoms with Crippen LogP contribution in [0.2, 0.25) is 5.02 Å². The fourth-order valence-corrected chi connectivity index (χ4v) is 3.73. The van der Waals surface area contributed by atoms with Crippen LogP contribution in [0.1, 0.15) is 16.1 Å². The van der Waals surface area contributed by atoms with Crippen molar-refractivity contribution >= 4 is 51.0 Å². The fourth-order valence-electron chi connectivity index (χ4n) is 2.11. The molecule has 0 atom stereocenters. The first-order chi connectivity index (χ1) is 13.2. The quantitative estimate of drug-likeness (QED) is 0.367. The van der Waals surface area contributed by atoms with Crippen LogP contribution >= 0.6 is 23.4 Å². The van der Waals surface area contributed by atoms with Gasteiger partial charge in [-0.25, -0.2) is 18.4 Å². The molecule has 1 aromatic heterocycles. The van der Waals surface area contributed by atoms with E-state index in [9.17, 15) is 18.0 Å². The van der Waals surface area contributed by atoms with Crippen molar-refractivity contribution in [2.75, 3.05) is 23.4 Å². The molecule has 0 spiro atoms. The molecule has 0 saturated heterocycles. The van der Waals surface area contributed by atoms with E-state index in [0.717, 1.165) is 17.8 Å². The Hall–Kier alpha value is -2.21. The lowest BCUT2D eigenvalue weighted by Gasteiger charge is -2.14. The lowest BCUT2D eigenvalue weighted by atomic mass is 10.1. The van der Waals surface area contributed by atoms with Gasteiger partial charge in [0.1, 0.15) is 17.3 Å². The summed E-state index contributed by atoms with van der Waals surface area (Å²) in [7, 11) is -4.16. The molecule has 0 radical (unpaired) electrons. The van der Waals surface area contributed by atoms with Crippen LogP contribution in [0.25, 0.3) is 0 Å². The standard InChI is InChI=1S/C16H17ClN2O7S2/c17-12-7-13(19-8-10-2-1-3-25-10)11(6-14(12)28(18,23)24)16(22)26-4-5-27-9-15(20)21/h1-3,6-7,19H,4-5,8-9H2,(H,20,21)(H2,18,23,24). The number of carbonyl (C=O) groups is 2. The van der Waals surface area contributed by atoms with E-state index in [0.29, 0.717) is 5.76 Å². The van der Waals surface area contributed by atoms with Crippen LogP contribution < -0.4 is 10.5 Å². The van der Waals surface area contributed by atoms with Crippen LogP contribution in [0, 0.1) is 0 Å². The number of hydrogen-bond donors (Lipinski definition) is 3. The second kappa shape index (κ2) is 9.82. The van der Waals surface area contributed by atoms with Crippen LogP contribution in [0.15, 0.2) is 39.8 Å². The molecule has 0 aliphatic heterocycles. The second-order valence-corrected chi connectivity index (χ2v) is 8.43. The first-order valence-corrected chi connectivity index (χ1v) is 10.9. The molecular weight excluding hydrogens is 432 g/mol. The first kappa shape index (κ1) is 22.1. The number of carboxylic acids is 1. The third kappa shape index (κ3) is 6.44. The number of hydrogen-bond acceptors (Lipinski definition) is 8. The Morgan fingerprint density at radius 2 is 2.11 bits per heavy atom. The third-order valence-electron chi connectivity index (χ3n) is 3.32. The van der Waals surface area contributed by atoms with Crippen molar-refractivity contribution in [1.29, 1.82) is 0 Å². The summed E-state index contributed by atoms with van der Waals surface area (Å²) >= 11 is 7.07. The van der Waals surface area contributed by atoms with Gasteiger partial charge in [0.2, 0.25) is 10.0 Å². The van der Waals surface area contributed by atoms with Crippen molar-refractivity contribution in [2.45, 2.75) is 11.4 Å². The van der Waals surface area contributed by atoms with Gasteiger partial charge in [0, 0.05) is 5.75 Å². The van der Waals surface area contributed by atoms with Crippen LogP contribution in [0.4, 0.5) is 5.69 Å². The highest BCUT2D eigenvalue weighted by Crippen LogP contribution is 2.29. The minimum atomic E-state index is -4.16. The Labute approximate surface area is 170 Å². The zero-order valence-corrected chi connectivity index (χ0v) is 16.8. The molecule has 0 aliphatic rings. The Balaban J connectivity index is 2.19. The highest BCUT2D eigenvalue weighted by atomic mass is 35.5. The van der Waals surface area contributed by atoms with E-state index < -0.39 is 26.9 Å². The Kier molecular flexibility index (Phi) is 7.75. The summed E-state index contributed by atoms with van der Waals surface area (Å²) in [6.45, 7) is 0.161. The number of carboxylic acid groups (broad SMARTS) is 1. The Morgan fingerprint density at radius 3 is 2.71 bits per heavy atom. The molecule has 0 unspecified atom stereocenters. The van der Waals surface area contributed by atoms with Gasteiger partial charge in [-0.05, 0) is 24.3 Å². The number of benzene rings is 1. The molecule has 2 aromatic rings.